The van der Waals surface area contributed by atoms with E-state index in [9.17, 15) is 0 Å². The van der Waals surface area contributed by atoms with Crippen LogP contribution in [0.3, 0.4) is 0 Å². The van der Waals surface area contributed by atoms with E-state index in [-0.39, 0.29) is 0 Å². The van der Waals surface area contributed by atoms with Crippen molar-refractivity contribution in [3.05, 3.63) is 71.8 Å². The zero-order chi connectivity index (χ0) is 18.6. The predicted octanol–water partition coefficient (Wildman–Crippen LogP) is 3.11. The van der Waals surface area contributed by atoms with Gasteiger partial charge in [-0.05, 0) is 17.5 Å². The molecule has 2 N–H and O–H groups in total. The van der Waals surface area contributed by atoms with Gasteiger partial charge < -0.3 is 9.47 Å². The summed E-state index contributed by atoms with van der Waals surface area (Å²) in [5.74, 6) is 0. The quantitative estimate of drug-likeness (QED) is 0.647. The molecule has 0 aliphatic carbocycles. The molecule has 1 saturated heterocycles. The number of rotatable bonds is 2. The van der Waals surface area contributed by atoms with Crippen LogP contribution >= 0.6 is 0 Å². The molecule has 0 bridgehead atoms. The van der Waals surface area contributed by atoms with Crippen molar-refractivity contribution in [2.75, 3.05) is 26.4 Å². The van der Waals surface area contributed by atoms with Gasteiger partial charge in [0.2, 0.25) is 12.2 Å². The average Bonchev–Trinajstić information content (AvgIpc) is 2.67. The highest BCUT2D eigenvalue weighted by Gasteiger charge is 1.94. The van der Waals surface area contributed by atoms with Crippen molar-refractivity contribution in [3.8, 4) is 0 Å². The first-order chi connectivity index (χ1) is 12.3. The third-order valence-electron chi connectivity index (χ3n) is 2.84. The van der Waals surface area contributed by atoms with Crippen LogP contribution < -0.4 is 0 Å². The Hall–Kier alpha value is -2.88. The molecule has 0 atom stereocenters. The van der Waals surface area contributed by atoms with Crippen LogP contribution in [0.1, 0.15) is 11.1 Å². The summed E-state index contributed by atoms with van der Waals surface area (Å²) in [4.78, 5) is 16.7. The summed E-state index contributed by atoms with van der Waals surface area (Å²) in [5.41, 5.74) is 2.74. The Morgan fingerprint density at radius 3 is 1.20 bits per heavy atom. The lowest BCUT2D eigenvalue weighted by Crippen LogP contribution is -2.16. The van der Waals surface area contributed by atoms with E-state index in [2.05, 4.69) is 60.7 Å². The molecule has 1 fully saturated rings. The van der Waals surface area contributed by atoms with Crippen molar-refractivity contribution in [1.29, 1.82) is 10.8 Å². The van der Waals surface area contributed by atoms with Gasteiger partial charge in [-0.3, -0.25) is 0 Å². The molecule has 2 aromatic rings. The summed E-state index contributed by atoms with van der Waals surface area (Å²) < 4.78 is 9.89. The predicted molar refractivity (Wildman–Crippen MR) is 94.2 cm³/mol. The number of carbonyl (C=O) groups excluding carboxylic acids is 2. The molecule has 6 heteroatoms. The van der Waals surface area contributed by atoms with Gasteiger partial charge >= 0.3 is 0 Å². The monoisotopic (exact) mass is 342 g/mol. The first kappa shape index (κ1) is 22.1. The lowest BCUT2D eigenvalue weighted by Gasteiger charge is -2.09. The van der Waals surface area contributed by atoms with Gasteiger partial charge in [0.25, 0.3) is 0 Å². The SMILES string of the molecule is C1COCCO1.N=C=O.N=C=O.c1ccc(Cc2ccccc2)cc1. The molecule has 2 aromatic carbocycles. The highest BCUT2D eigenvalue weighted by Crippen LogP contribution is 2.07. The van der Waals surface area contributed by atoms with Gasteiger partial charge in [-0.1, -0.05) is 60.7 Å². The van der Waals surface area contributed by atoms with Gasteiger partial charge in [-0.2, -0.15) is 0 Å². The molecule has 1 aliphatic heterocycles. The van der Waals surface area contributed by atoms with Crippen LogP contribution in [0.4, 0.5) is 0 Å². The van der Waals surface area contributed by atoms with Gasteiger partial charge in [-0.25, -0.2) is 20.4 Å². The molecule has 3 rings (SSSR count). The van der Waals surface area contributed by atoms with Crippen molar-refractivity contribution >= 4 is 12.2 Å². The zero-order valence-corrected chi connectivity index (χ0v) is 13.9. The number of hydrogen-bond acceptors (Lipinski definition) is 6. The Kier molecular flexibility index (Phi) is 15.5. The number of hydrogen-bond donors (Lipinski definition) is 2. The lowest BCUT2D eigenvalue weighted by molar-refractivity contribution is -0.0334. The lowest BCUT2D eigenvalue weighted by atomic mass is 10.1. The van der Waals surface area contributed by atoms with E-state index in [4.69, 9.17) is 29.9 Å². The number of benzene rings is 2. The van der Waals surface area contributed by atoms with Crippen LogP contribution in [0, 0.1) is 10.8 Å². The maximum atomic E-state index is 8.35. The molecule has 0 unspecified atom stereocenters. The topological polar surface area (TPSA) is 100 Å². The molecule has 25 heavy (non-hydrogen) atoms. The van der Waals surface area contributed by atoms with E-state index < -0.39 is 0 Å². The Labute approximate surface area is 147 Å². The molecular formula is C19H22N2O4. The Balaban J connectivity index is 0.000000399. The number of ether oxygens (including phenoxy) is 2. The highest BCUT2D eigenvalue weighted by atomic mass is 16.6. The minimum atomic E-state index is 0.750. The van der Waals surface area contributed by atoms with Gasteiger partial charge in [0.1, 0.15) is 0 Å². The molecule has 132 valence electrons. The van der Waals surface area contributed by atoms with E-state index in [1.54, 1.807) is 0 Å². The van der Waals surface area contributed by atoms with Crippen LogP contribution in [0.5, 0.6) is 0 Å². The van der Waals surface area contributed by atoms with E-state index in [1.807, 2.05) is 0 Å². The second kappa shape index (κ2) is 17.5. The second-order valence-electron chi connectivity index (χ2n) is 4.58. The summed E-state index contributed by atoms with van der Waals surface area (Å²) in [7, 11) is 0. The summed E-state index contributed by atoms with van der Waals surface area (Å²) >= 11 is 0. The van der Waals surface area contributed by atoms with Crippen LogP contribution in [-0.4, -0.2) is 38.6 Å². The van der Waals surface area contributed by atoms with E-state index in [1.165, 1.54) is 11.1 Å². The molecule has 0 aromatic heterocycles. The van der Waals surface area contributed by atoms with Crippen LogP contribution in [-0.2, 0) is 25.5 Å². The summed E-state index contributed by atoms with van der Waals surface area (Å²) in [6.07, 6.45) is 2.53. The normalized spacial score (nSPS) is 11.5. The van der Waals surface area contributed by atoms with Crippen molar-refractivity contribution in [2.24, 2.45) is 0 Å². The number of nitrogens with one attached hydrogen (secondary N) is 2. The minimum Gasteiger partial charge on any atom is -0.377 e. The van der Waals surface area contributed by atoms with E-state index in [0.717, 1.165) is 45.0 Å². The molecule has 0 saturated carbocycles. The highest BCUT2D eigenvalue weighted by molar-refractivity contribution is 5.26. The van der Waals surface area contributed by atoms with Crippen LogP contribution in [0.25, 0.3) is 0 Å². The summed E-state index contributed by atoms with van der Waals surface area (Å²) in [5, 5.41) is 10.8. The summed E-state index contributed by atoms with van der Waals surface area (Å²) in [6.45, 7) is 3.11. The van der Waals surface area contributed by atoms with Crippen molar-refractivity contribution < 1.29 is 19.1 Å². The van der Waals surface area contributed by atoms with Gasteiger partial charge in [0.05, 0.1) is 26.4 Å². The molecule has 1 aliphatic rings. The Bertz CT molecular complexity index is 541. The Morgan fingerprint density at radius 1 is 0.680 bits per heavy atom. The van der Waals surface area contributed by atoms with E-state index >= 15 is 0 Å². The molecular weight excluding hydrogens is 320 g/mol. The molecule has 1 heterocycles. The maximum Gasteiger partial charge on any atom is 0.231 e. The van der Waals surface area contributed by atoms with Crippen molar-refractivity contribution in [3.63, 3.8) is 0 Å². The molecule has 6 nitrogen and oxygen atoms in total. The zero-order valence-electron chi connectivity index (χ0n) is 13.9. The fourth-order valence-corrected chi connectivity index (χ4v) is 1.87. The largest absolute Gasteiger partial charge is 0.377 e. The third-order valence-corrected chi connectivity index (χ3v) is 2.84. The van der Waals surface area contributed by atoms with Gasteiger partial charge in [0.15, 0.2) is 0 Å². The summed E-state index contributed by atoms with van der Waals surface area (Å²) in [6, 6.07) is 21.1. The fourth-order valence-electron chi connectivity index (χ4n) is 1.87. The van der Waals surface area contributed by atoms with Crippen LogP contribution in [0.15, 0.2) is 60.7 Å². The average molecular weight is 342 g/mol. The van der Waals surface area contributed by atoms with Gasteiger partial charge in [0, 0.05) is 0 Å². The fraction of sp³-hybridized carbons (Fsp3) is 0.263. The van der Waals surface area contributed by atoms with Crippen molar-refractivity contribution in [2.45, 2.75) is 6.42 Å². The molecule has 0 amide bonds. The standard InChI is InChI=1S/C13H12.C4H8O2.2CHNO/c1-3-7-12(8-4-1)11-13-9-5-2-6-10-13;1-2-6-4-3-5-1;2*2-1-3/h1-10H,11H2;1-4H2;2*2H. The first-order valence-corrected chi connectivity index (χ1v) is 7.59. The smallest absolute Gasteiger partial charge is 0.231 e. The molecule has 0 radical (unpaired) electrons. The van der Waals surface area contributed by atoms with Crippen molar-refractivity contribution in [1.82, 2.24) is 0 Å². The second-order valence-corrected chi connectivity index (χ2v) is 4.58. The third kappa shape index (κ3) is 14.4. The minimum absolute atomic E-state index is 0.750. The molecule has 0 spiro atoms. The Morgan fingerprint density at radius 2 is 0.960 bits per heavy atom. The van der Waals surface area contributed by atoms with E-state index in [0.29, 0.717) is 0 Å². The maximum absolute atomic E-state index is 8.35. The van der Waals surface area contributed by atoms with Gasteiger partial charge in [-0.15, -0.1) is 0 Å². The van der Waals surface area contributed by atoms with Crippen LogP contribution in [0.2, 0.25) is 0 Å². The first-order valence-electron chi connectivity index (χ1n) is 7.59. The number of isocyanates is 2.